The maximum absolute atomic E-state index is 12.6. The highest BCUT2D eigenvalue weighted by molar-refractivity contribution is 5.66. The SMILES string of the molecule is CC[C@@H]1C2C[C@H](OC(C)=O)CCC2(C)[C@H]2CCC3(C)C([C@H](C)CCCCCc4nn[nH]n4)CC[C@H]3C2[C@@H]1OC(C)=O. The maximum Gasteiger partial charge on any atom is 0.302 e. The van der Waals surface area contributed by atoms with E-state index < -0.39 is 0 Å². The molecule has 0 aliphatic heterocycles. The largest absolute Gasteiger partial charge is 0.463 e. The predicted molar refractivity (Wildman–Crippen MR) is 156 cm³/mol. The summed E-state index contributed by atoms with van der Waals surface area (Å²) in [6, 6.07) is 0. The molecule has 4 aliphatic rings. The van der Waals surface area contributed by atoms with Gasteiger partial charge in [0, 0.05) is 26.2 Å². The van der Waals surface area contributed by atoms with Crippen molar-refractivity contribution in [1.29, 1.82) is 0 Å². The van der Waals surface area contributed by atoms with E-state index in [0.717, 1.165) is 50.3 Å². The number of nitrogens with zero attached hydrogens (tertiary/aromatic N) is 3. The minimum atomic E-state index is -0.177. The molecule has 1 N–H and O–H groups in total. The summed E-state index contributed by atoms with van der Waals surface area (Å²) in [5.74, 6) is 4.27. The number of ether oxygens (including phenoxy) is 2. The summed E-state index contributed by atoms with van der Waals surface area (Å²) in [4.78, 5) is 24.4. The molecule has 4 aliphatic carbocycles. The van der Waals surface area contributed by atoms with Crippen molar-refractivity contribution in [2.45, 2.75) is 137 Å². The molecule has 0 bridgehead atoms. The quantitative estimate of drug-likeness (QED) is 0.246. The van der Waals surface area contributed by atoms with E-state index >= 15 is 0 Å². The Morgan fingerprint density at radius 3 is 2.37 bits per heavy atom. The molecular weight excluding hydrogens is 516 g/mol. The molecule has 0 amide bonds. The van der Waals surface area contributed by atoms with E-state index in [1.54, 1.807) is 6.92 Å². The number of carbonyl (C=O) groups excluding carboxylic acids is 2. The Hall–Kier alpha value is -1.99. The first-order valence-electron chi connectivity index (χ1n) is 16.6. The van der Waals surface area contributed by atoms with E-state index in [9.17, 15) is 9.59 Å². The van der Waals surface area contributed by atoms with Crippen LogP contribution in [0.3, 0.4) is 0 Å². The van der Waals surface area contributed by atoms with Gasteiger partial charge in [-0.25, -0.2) is 0 Å². The third-order valence-electron chi connectivity index (χ3n) is 12.7. The number of H-pyrrole nitrogens is 1. The molecule has 0 radical (unpaired) electrons. The van der Waals surface area contributed by atoms with Gasteiger partial charge < -0.3 is 9.47 Å². The van der Waals surface area contributed by atoms with Gasteiger partial charge in [-0.05, 0) is 104 Å². The molecule has 1 aromatic heterocycles. The van der Waals surface area contributed by atoms with Crippen molar-refractivity contribution < 1.29 is 19.1 Å². The molecule has 1 heterocycles. The number of esters is 2. The third kappa shape index (κ3) is 5.82. The van der Waals surface area contributed by atoms with Crippen molar-refractivity contribution in [3.63, 3.8) is 0 Å². The molecule has 0 saturated heterocycles. The van der Waals surface area contributed by atoms with Gasteiger partial charge in [0.2, 0.25) is 0 Å². The van der Waals surface area contributed by atoms with Crippen LogP contribution in [0.1, 0.15) is 124 Å². The van der Waals surface area contributed by atoms with Crippen LogP contribution < -0.4 is 0 Å². The van der Waals surface area contributed by atoms with Crippen LogP contribution in [-0.4, -0.2) is 44.8 Å². The molecule has 4 fully saturated rings. The number of fused-ring (bicyclic) bond motifs is 5. The van der Waals surface area contributed by atoms with Gasteiger partial charge in [0.1, 0.15) is 12.2 Å². The van der Waals surface area contributed by atoms with Gasteiger partial charge in [0.15, 0.2) is 5.82 Å². The molecule has 1 aromatic rings. The standard InChI is InChI=1S/C33H54N4O4/c1-7-24-28-19-23(40-21(3)38)15-17-33(28,6)27-16-18-32(5)25(13-14-26(32)30(27)31(24)41-22(4)39)20(2)11-9-8-10-12-29-34-36-37-35-29/h20,23-28,30-31H,7-19H2,1-6H3,(H,34,35,36,37)/t20-,23-,24-,25?,26+,27+,28?,30?,31-,32?,33?/m1/s1. The molecule has 11 atom stereocenters. The zero-order valence-electron chi connectivity index (χ0n) is 26.4. The van der Waals surface area contributed by atoms with Gasteiger partial charge in [-0.3, -0.25) is 9.59 Å². The Morgan fingerprint density at radius 1 is 0.951 bits per heavy atom. The van der Waals surface area contributed by atoms with E-state index in [-0.39, 0.29) is 29.6 Å². The summed E-state index contributed by atoms with van der Waals surface area (Å²) < 4.78 is 12.1. The van der Waals surface area contributed by atoms with Crippen LogP contribution in [0.25, 0.3) is 0 Å². The van der Waals surface area contributed by atoms with Gasteiger partial charge in [0.25, 0.3) is 0 Å². The summed E-state index contributed by atoms with van der Waals surface area (Å²) in [6.45, 7) is 13.0. The predicted octanol–water partition coefficient (Wildman–Crippen LogP) is 6.71. The highest BCUT2D eigenvalue weighted by Gasteiger charge is 2.66. The van der Waals surface area contributed by atoms with Crippen LogP contribution in [0.5, 0.6) is 0 Å². The number of carbonyl (C=O) groups is 2. The molecule has 4 saturated carbocycles. The van der Waals surface area contributed by atoms with Gasteiger partial charge in [-0.2, -0.15) is 5.21 Å². The van der Waals surface area contributed by atoms with Crippen LogP contribution in [0.4, 0.5) is 0 Å². The van der Waals surface area contributed by atoms with Crippen molar-refractivity contribution in [2.24, 2.45) is 52.3 Å². The Kier molecular flexibility index (Phi) is 9.15. The number of hydrogen-bond acceptors (Lipinski definition) is 7. The number of rotatable bonds is 10. The number of nitrogens with one attached hydrogen (secondary N) is 1. The average molecular weight is 571 g/mol. The summed E-state index contributed by atoms with van der Waals surface area (Å²) >= 11 is 0. The Morgan fingerprint density at radius 2 is 1.68 bits per heavy atom. The molecule has 5 unspecified atom stereocenters. The van der Waals surface area contributed by atoms with Crippen LogP contribution in [0.2, 0.25) is 0 Å². The second kappa shape index (κ2) is 12.3. The normalized spacial score (nSPS) is 40.6. The first kappa shape index (κ1) is 30.5. The molecule has 230 valence electrons. The summed E-state index contributed by atoms with van der Waals surface area (Å²) in [5.41, 5.74) is 0.516. The number of aryl methyl sites for hydroxylation is 1. The second-order valence-corrected chi connectivity index (χ2v) is 14.7. The number of unbranched alkanes of at least 4 members (excludes halogenated alkanes) is 2. The summed E-state index contributed by atoms with van der Waals surface area (Å²) in [7, 11) is 0. The van der Waals surface area contributed by atoms with Gasteiger partial charge in [0.05, 0.1) is 0 Å². The van der Waals surface area contributed by atoms with Crippen molar-refractivity contribution >= 4 is 11.9 Å². The average Bonchev–Trinajstić information content (AvgIpc) is 3.56. The number of hydrogen-bond donors (Lipinski definition) is 1. The van der Waals surface area contributed by atoms with Crippen LogP contribution in [-0.2, 0) is 25.5 Å². The molecule has 41 heavy (non-hydrogen) atoms. The monoisotopic (exact) mass is 570 g/mol. The summed E-state index contributed by atoms with van der Waals surface area (Å²) in [6.07, 6.45) is 14.7. The Bertz CT molecular complexity index is 1050. The van der Waals surface area contributed by atoms with E-state index in [4.69, 9.17) is 9.47 Å². The van der Waals surface area contributed by atoms with E-state index in [2.05, 4.69) is 48.3 Å². The van der Waals surface area contributed by atoms with Crippen molar-refractivity contribution in [2.75, 3.05) is 0 Å². The third-order valence-corrected chi connectivity index (χ3v) is 12.7. The lowest BCUT2D eigenvalue weighted by Gasteiger charge is -2.65. The number of aromatic nitrogens is 4. The topological polar surface area (TPSA) is 107 Å². The van der Waals surface area contributed by atoms with Crippen LogP contribution in [0, 0.1) is 52.3 Å². The lowest BCUT2D eigenvalue weighted by Crippen LogP contribution is -2.63. The smallest absolute Gasteiger partial charge is 0.302 e. The van der Waals surface area contributed by atoms with Crippen LogP contribution in [0.15, 0.2) is 0 Å². The number of tetrazole rings is 1. The molecule has 8 heteroatoms. The minimum Gasteiger partial charge on any atom is -0.463 e. The minimum absolute atomic E-state index is 0.00747. The van der Waals surface area contributed by atoms with Crippen LogP contribution >= 0.6 is 0 Å². The fraction of sp³-hybridized carbons (Fsp3) is 0.909. The molecule has 5 rings (SSSR count). The van der Waals surface area contributed by atoms with E-state index in [1.807, 2.05) is 0 Å². The van der Waals surface area contributed by atoms with Gasteiger partial charge in [-0.1, -0.05) is 52.2 Å². The fourth-order valence-electron chi connectivity index (χ4n) is 11.0. The highest BCUT2D eigenvalue weighted by atomic mass is 16.5. The highest BCUT2D eigenvalue weighted by Crippen LogP contribution is 2.70. The Balaban J connectivity index is 1.32. The van der Waals surface area contributed by atoms with E-state index in [0.29, 0.717) is 40.9 Å². The van der Waals surface area contributed by atoms with Gasteiger partial charge in [-0.15, -0.1) is 10.2 Å². The fourth-order valence-corrected chi connectivity index (χ4v) is 11.0. The van der Waals surface area contributed by atoms with E-state index in [1.165, 1.54) is 51.9 Å². The maximum atomic E-state index is 12.6. The van der Waals surface area contributed by atoms with Crippen molar-refractivity contribution in [3.8, 4) is 0 Å². The zero-order valence-corrected chi connectivity index (χ0v) is 26.4. The lowest BCUT2D eigenvalue weighted by molar-refractivity contribution is -0.219. The van der Waals surface area contributed by atoms with Crippen molar-refractivity contribution in [1.82, 2.24) is 20.6 Å². The Labute approximate surface area is 246 Å². The summed E-state index contributed by atoms with van der Waals surface area (Å²) in [5, 5.41) is 14.4. The van der Waals surface area contributed by atoms with Crippen molar-refractivity contribution in [3.05, 3.63) is 5.82 Å². The molecule has 8 nitrogen and oxygen atoms in total. The second-order valence-electron chi connectivity index (χ2n) is 14.7. The molecule has 0 spiro atoms. The lowest BCUT2D eigenvalue weighted by atomic mass is 9.41. The van der Waals surface area contributed by atoms with Gasteiger partial charge >= 0.3 is 11.9 Å². The zero-order chi connectivity index (χ0) is 29.4. The first-order valence-corrected chi connectivity index (χ1v) is 16.6. The molecular formula is C33H54N4O4. The molecule has 0 aromatic carbocycles. The first-order chi connectivity index (χ1) is 19.6. The number of aromatic amines is 1.